The number of aryl methyl sites for hydroxylation is 1. The third-order valence-electron chi connectivity index (χ3n) is 8.59. The van der Waals surface area contributed by atoms with Gasteiger partial charge in [-0.25, -0.2) is 4.68 Å². The van der Waals surface area contributed by atoms with Gasteiger partial charge in [0.15, 0.2) is 23.0 Å². The Morgan fingerprint density at radius 3 is 2.55 bits per heavy atom. The quantitative estimate of drug-likeness (QED) is 0.284. The number of ketones is 1. The van der Waals surface area contributed by atoms with Gasteiger partial charge in [-0.2, -0.15) is 5.10 Å². The molecule has 220 valence electrons. The van der Waals surface area contributed by atoms with Gasteiger partial charge in [0.05, 0.1) is 19.9 Å². The molecule has 3 heterocycles. The van der Waals surface area contributed by atoms with Crippen molar-refractivity contribution in [2.45, 2.75) is 46.0 Å². The lowest BCUT2D eigenvalue weighted by Gasteiger charge is -2.31. The zero-order chi connectivity index (χ0) is 29.6. The SMILES string of the molecule is COc1ccc(/C2=C/C=C\CCc3cc(C(=O)N4CCCC(CC(=O)c5ccccc5)[C@@H](C(C)C)C4)nn32)cc1OC. The third kappa shape index (κ3) is 6.35. The zero-order valence-corrected chi connectivity index (χ0v) is 25.1. The molecule has 2 aliphatic rings. The van der Waals surface area contributed by atoms with Gasteiger partial charge >= 0.3 is 0 Å². The van der Waals surface area contributed by atoms with E-state index in [2.05, 4.69) is 19.9 Å². The first kappa shape index (κ1) is 29.4. The molecular formula is C35H41N3O4. The number of Topliss-reactive ketones (excluding diaryl/α,β-unsaturated/α-hetero) is 1. The number of hydrogen-bond acceptors (Lipinski definition) is 5. The maximum absolute atomic E-state index is 14.0. The Hall–Kier alpha value is -4.13. The predicted octanol–water partition coefficient (Wildman–Crippen LogP) is 6.69. The topological polar surface area (TPSA) is 73.7 Å². The molecule has 7 heteroatoms. The number of nitrogens with zero attached hydrogens (tertiary/aromatic N) is 3. The molecule has 5 rings (SSSR count). The maximum atomic E-state index is 14.0. The molecule has 1 saturated heterocycles. The molecule has 2 atom stereocenters. The number of carbonyl (C=O) groups is 2. The molecule has 1 fully saturated rings. The van der Waals surface area contributed by atoms with Crippen LogP contribution in [0.1, 0.15) is 71.6 Å². The number of likely N-dealkylation sites (tertiary alicyclic amines) is 1. The van der Waals surface area contributed by atoms with Crippen molar-refractivity contribution >= 4 is 17.4 Å². The number of hydrogen-bond donors (Lipinski definition) is 0. The summed E-state index contributed by atoms with van der Waals surface area (Å²) in [6.45, 7) is 5.70. The average Bonchev–Trinajstić information content (AvgIpc) is 3.28. The first-order valence-corrected chi connectivity index (χ1v) is 15.0. The van der Waals surface area contributed by atoms with Crippen molar-refractivity contribution in [3.8, 4) is 11.5 Å². The summed E-state index contributed by atoms with van der Waals surface area (Å²) in [4.78, 5) is 29.1. The number of allylic oxidation sites excluding steroid dienone is 3. The maximum Gasteiger partial charge on any atom is 0.274 e. The fourth-order valence-corrected chi connectivity index (χ4v) is 6.27. The van der Waals surface area contributed by atoms with Crippen molar-refractivity contribution in [3.63, 3.8) is 0 Å². The minimum atomic E-state index is -0.0467. The van der Waals surface area contributed by atoms with E-state index in [9.17, 15) is 9.59 Å². The predicted molar refractivity (Wildman–Crippen MR) is 165 cm³/mol. The van der Waals surface area contributed by atoms with E-state index in [0.29, 0.717) is 42.6 Å². The lowest BCUT2D eigenvalue weighted by atomic mass is 9.78. The van der Waals surface area contributed by atoms with Crippen molar-refractivity contribution < 1.29 is 19.1 Å². The second-order valence-electron chi connectivity index (χ2n) is 11.6. The second-order valence-corrected chi connectivity index (χ2v) is 11.6. The van der Waals surface area contributed by atoms with Crippen LogP contribution in [0, 0.1) is 17.8 Å². The van der Waals surface area contributed by atoms with Gasteiger partial charge in [0, 0.05) is 36.3 Å². The molecule has 0 saturated carbocycles. The van der Waals surface area contributed by atoms with E-state index < -0.39 is 0 Å². The van der Waals surface area contributed by atoms with Gasteiger partial charge in [-0.1, -0.05) is 56.3 Å². The van der Waals surface area contributed by atoms with Crippen LogP contribution in [0.5, 0.6) is 11.5 Å². The highest BCUT2D eigenvalue weighted by Gasteiger charge is 2.34. The molecule has 0 N–H and O–H groups in total. The Morgan fingerprint density at radius 2 is 1.81 bits per heavy atom. The van der Waals surface area contributed by atoms with Crippen LogP contribution in [0.4, 0.5) is 0 Å². The molecule has 0 bridgehead atoms. The summed E-state index contributed by atoms with van der Waals surface area (Å²) in [6, 6.07) is 17.3. The largest absolute Gasteiger partial charge is 0.493 e. The summed E-state index contributed by atoms with van der Waals surface area (Å²) >= 11 is 0. The van der Waals surface area contributed by atoms with Crippen LogP contribution >= 0.6 is 0 Å². The van der Waals surface area contributed by atoms with Crippen LogP contribution in [-0.4, -0.2) is 53.7 Å². The van der Waals surface area contributed by atoms with Crippen molar-refractivity contribution in [2.75, 3.05) is 27.3 Å². The molecule has 42 heavy (non-hydrogen) atoms. The minimum absolute atomic E-state index is 0.0467. The summed E-state index contributed by atoms with van der Waals surface area (Å²) < 4.78 is 12.9. The summed E-state index contributed by atoms with van der Waals surface area (Å²) in [5.41, 5.74) is 4.00. The van der Waals surface area contributed by atoms with Crippen LogP contribution in [0.15, 0.2) is 72.8 Å². The van der Waals surface area contributed by atoms with Crippen molar-refractivity contribution in [3.05, 3.63) is 95.3 Å². The first-order valence-electron chi connectivity index (χ1n) is 15.0. The molecule has 7 nitrogen and oxygen atoms in total. The average molecular weight is 568 g/mol. The van der Waals surface area contributed by atoms with E-state index in [1.165, 1.54) is 0 Å². The lowest BCUT2D eigenvalue weighted by molar-refractivity contribution is 0.0702. The lowest BCUT2D eigenvalue weighted by Crippen LogP contribution is -2.38. The molecule has 1 aromatic heterocycles. The van der Waals surface area contributed by atoms with Gasteiger partial charge in [0.25, 0.3) is 5.91 Å². The molecule has 1 amide bonds. The molecule has 0 aliphatic carbocycles. The Kier molecular flexibility index (Phi) is 9.25. The summed E-state index contributed by atoms with van der Waals surface area (Å²) in [5, 5.41) is 4.89. The number of ether oxygens (including phenoxy) is 2. The fourth-order valence-electron chi connectivity index (χ4n) is 6.27. The number of aromatic nitrogens is 2. The molecule has 0 radical (unpaired) electrons. The third-order valence-corrected chi connectivity index (χ3v) is 8.59. The van der Waals surface area contributed by atoms with Gasteiger partial charge < -0.3 is 14.4 Å². The van der Waals surface area contributed by atoms with Gasteiger partial charge in [-0.3, -0.25) is 9.59 Å². The van der Waals surface area contributed by atoms with E-state index in [1.807, 2.05) is 76.3 Å². The summed E-state index contributed by atoms with van der Waals surface area (Å²) in [5.74, 6) is 2.25. The number of benzene rings is 2. The Bertz CT molecular complexity index is 1470. The number of rotatable bonds is 8. The van der Waals surface area contributed by atoms with Crippen LogP contribution in [-0.2, 0) is 6.42 Å². The molecule has 3 aromatic rings. The van der Waals surface area contributed by atoms with Crippen LogP contribution in [0.2, 0.25) is 0 Å². The minimum Gasteiger partial charge on any atom is -0.493 e. The highest BCUT2D eigenvalue weighted by atomic mass is 16.5. The van der Waals surface area contributed by atoms with E-state index >= 15 is 0 Å². The van der Waals surface area contributed by atoms with E-state index in [1.54, 1.807) is 14.2 Å². The smallest absolute Gasteiger partial charge is 0.274 e. The summed E-state index contributed by atoms with van der Waals surface area (Å²) in [7, 11) is 3.24. The van der Waals surface area contributed by atoms with Gasteiger partial charge in [0.1, 0.15) is 0 Å². The fraction of sp³-hybridized carbons (Fsp3) is 0.400. The number of amides is 1. The number of carbonyl (C=O) groups excluding carboxylic acids is 2. The van der Waals surface area contributed by atoms with Gasteiger partial charge in [-0.15, -0.1) is 0 Å². The highest BCUT2D eigenvalue weighted by Crippen LogP contribution is 2.34. The Balaban J connectivity index is 1.39. The van der Waals surface area contributed by atoms with Crippen LogP contribution < -0.4 is 9.47 Å². The molecule has 0 spiro atoms. The van der Waals surface area contributed by atoms with Crippen LogP contribution in [0.25, 0.3) is 5.70 Å². The van der Waals surface area contributed by atoms with Gasteiger partial charge in [-0.05, 0) is 73.8 Å². The van der Waals surface area contributed by atoms with E-state index in [4.69, 9.17) is 14.6 Å². The molecular weight excluding hydrogens is 526 g/mol. The van der Waals surface area contributed by atoms with Crippen molar-refractivity contribution in [2.24, 2.45) is 17.8 Å². The molecule has 2 aliphatic heterocycles. The molecule has 1 unspecified atom stereocenters. The summed E-state index contributed by atoms with van der Waals surface area (Å²) in [6.07, 6.45) is 10.2. The normalized spacial score (nSPS) is 20.9. The van der Waals surface area contributed by atoms with E-state index in [0.717, 1.165) is 48.2 Å². The van der Waals surface area contributed by atoms with Crippen molar-refractivity contribution in [1.82, 2.24) is 14.7 Å². The monoisotopic (exact) mass is 567 g/mol. The second kappa shape index (κ2) is 13.2. The Morgan fingerprint density at radius 1 is 1.02 bits per heavy atom. The zero-order valence-electron chi connectivity index (χ0n) is 25.1. The Labute approximate surface area is 248 Å². The van der Waals surface area contributed by atoms with Gasteiger partial charge in [0.2, 0.25) is 0 Å². The standard InChI is InChI=1S/C35H41N3O4/c1-24(2)29-23-37(19-11-14-26(29)20-32(39)25-12-7-5-8-13-25)35(40)30-22-28-15-9-6-10-16-31(38(28)36-30)27-17-18-33(41-3)34(21-27)42-4/h5-8,10,12-13,16-18,21-22,24,26,29H,9,11,14-15,19-20,23H2,1-4H3/b10-6-,31-16-/t26?,29-/m1/s1. The van der Waals surface area contributed by atoms with E-state index in [-0.39, 0.29) is 23.5 Å². The molecule has 2 aromatic carbocycles. The number of methoxy groups -OCH3 is 2. The van der Waals surface area contributed by atoms with Crippen LogP contribution in [0.3, 0.4) is 0 Å². The highest BCUT2D eigenvalue weighted by molar-refractivity contribution is 5.96. The van der Waals surface area contributed by atoms with Crippen molar-refractivity contribution in [1.29, 1.82) is 0 Å². The first-order chi connectivity index (χ1) is 20.4. The number of fused-ring (bicyclic) bond motifs is 1.